The van der Waals surface area contributed by atoms with E-state index in [2.05, 4.69) is 0 Å². The van der Waals surface area contributed by atoms with Gasteiger partial charge in [-0.15, -0.1) is 0 Å². The molecule has 1 aliphatic heterocycles. The maximum atomic E-state index is 9.25. The van der Waals surface area contributed by atoms with Crippen LogP contribution < -0.4 is 9.47 Å². The number of methoxy groups -OCH3 is 1. The second kappa shape index (κ2) is 2.59. The lowest BCUT2D eigenvalue weighted by atomic mass is 10.1. The summed E-state index contributed by atoms with van der Waals surface area (Å²) in [4.78, 5) is 0. The van der Waals surface area contributed by atoms with Gasteiger partial charge in [-0.1, -0.05) is 0 Å². The van der Waals surface area contributed by atoms with Gasteiger partial charge in [-0.2, -0.15) is 0 Å². The smallest absolute Gasteiger partial charge is 0.130 e. The molecular weight excluding hydrogens is 156 g/mol. The topological polar surface area (TPSA) is 38.7 Å². The quantitative estimate of drug-likeness (QED) is 0.684. The first-order chi connectivity index (χ1) is 5.81. The molecule has 1 aromatic rings. The fourth-order valence-electron chi connectivity index (χ4n) is 1.43. The second-order valence-electron chi connectivity index (χ2n) is 2.72. The Labute approximate surface area is 70.5 Å². The van der Waals surface area contributed by atoms with E-state index in [0.717, 1.165) is 17.7 Å². The van der Waals surface area contributed by atoms with Crippen molar-refractivity contribution in [3.8, 4) is 17.2 Å². The van der Waals surface area contributed by atoms with Crippen LogP contribution in [0.2, 0.25) is 0 Å². The number of hydrogen-bond donors (Lipinski definition) is 1. The third kappa shape index (κ3) is 0.978. The van der Waals surface area contributed by atoms with Crippen LogP contribution in [0.25, 0.3) is 0 Å². The minimum Gasteiger partial charge on any atom is -0.508 e. The van der Waals surface area contributed by atoms with E-state index < -0.39 is 0 Å². The zero-order valence-corrected chi connectivity index (χ0v) is 6.83. The highest BCUT2D eigenvalue weighted by molar-refractivity contribution is 5.51. The Morgan fingerprint density at radius 2 is 2.33 bits per heavy atom. The summed E-state index contributed by atoms with van der Waals surface area (Å²) in [5.74, 6) is 1.64. The minimum absolute atomic E-state index is 0.188. The number of fused-ring (bicyclic) bond motifs is 1. The largest absolute Gasteiger partial charge is 0.508 e. The highest BCUT2D eigenvalue weighted by Gasteiger charge is 2.17. The van der Waals surface area contributed by atoms with Gasteiger partial charge in [0.15, 0.2) is 0 Å². The van der Waals surface area contributed by atoms with Gasteiger partial charge in [0.1, 0.15) is 17.2 Å². The maximum Gasteiger partial charge on any atom is 0.130 e. The molecule has 0 spiro atoms. The molecule has 3 nitrogen and oxygen atoms in total. The van der Waals surface area contributed by atoms with Gasteiger partial charge in [0, 0.05) is 24.1 Å². The van der Waals surface area contributed by atoms with Gasteiger partial charge in [0.25, 0.3) is 0 Å². The number of rotatable bonds is 1. The molecule has 64 valence electrons. The molecule has 3 heteroatoms. The summed E-state index contributed by atoms with van der Waals surface area (Å²) in [6.07, 6.45) is 0.860. The number of phenolic OH excluding ortho intramolecular Hbond substituents is 1. The molecule has 0 atom stereocenters. The predicted octanol–water partition coefficient (Wildman–Crippen LogP) is 1.34. The molecule has 0 amide bonds. The van der Waals surface area contributed by atoms with Crippen LogP contribution in [0.3, 0.4) is 0 Å². The second-order valence-corrected chi connectivity index (χ2v) is 2.72. The molecule has 0 aliphatic carbocycles. The molecule has 0 saturated heterocycles. The van der Waals surface area contributed by atoms with E-state index in [-0.39, 0.29) is 5.75 Å². The number of ether oxygens (including phenoxy) is 2. The molecule has 12 heavy (non-hydrogen) atoms. The Morgan fingerprint density at radius 3 is 3.08 bits per heavy atom. The van der Waals surface area contributed by atoms with E-state index in [1.54, 1.807) is 19.2 Å². The lowest BCUT2D eigenvalue weighted by molar-refractivity contribution is 0.354. The lowest BCUT2D eigenvalue weighted by Gasteiger charge is -2.05. The Hall–Kier alpha value is -1.38. The molecule has 0 aromatic heterocycles. The average molecular weight is 166 g/mol. The Kier molecular flexibility index (Phi) is 1.57. The van der Waals surface area contributed by atoms with Gasteiger partial charge < -0.3 is 14.6 Å². The van der Waals surface area contributed by atoms with E-state index in [1.807, 2.05) is 0 Å². The summed E-state index contributed by atoms with van der Waals surface area (Å²) in [6, 6.07) is 3.22. The first kappa shape index (κ1) is 7.28. The van der Waals surface area contributed by atoms with Crippen LogP contribution in [-0.2, 0) is 6.42 Å². The molecule has 1 aromatic carbocycles. The molecule has 1 heterocycles. The van der Waals surface area contributed by atoms with Crippen molar-refractivity contribution in [2.45, 2.75) is 6.42 Å². The van der Waals surface area contributed by atoms with Crippen LogP contribution >= 0.6 is 0 Å². The Bertz CT molecular complexity index is 307. The van der Waals surface area contributed by atoms with Crippen LogP contribution in [-0.4, -0.2) is 18.8 Å². The third-order valence-corrected chi connectivity index (χ3v) is 1.98. The van der Waals surface area contributed by atoms with Crippen molar-refractivity contribution >= 4 is 0 Å². The summed E-state index contributed by atoms with van der Waals surface area (Å²) in [5, 5.41) is 9.25. The first-order valence-corrected chi connectivity index (χ1v) is 3.84. The van der Waals surface area contributed by atoms with Gasteiger partial charge in [-0.25, -0.2) is 0 Å². The Morgan fingerprint density at radius 1 is 1.50 bits per heavy atom. The van der Waals surface area contributed by atoms with Crippen LogP contribution in [0.15, 0.2) is 12.1 Å². The first-order valence-electron chi connectivity index (χ1n) is 3.84. The molecule has 0 saturated carbocycles. The molecule has 0 radical (unpaired) electrons. The third-order valence-electron chi connectivity index (χ3n) is 1.98. The van der Waals surface area contributed by atoms with E-state index in [0.29, 0.717) is 12.4 Å². The van der Waals surface area contributed by atoms with Gasteiger partial charge in [-0.05, 0) is 0 Å². The molecular formula is C9H10O3. The molecule has 1 N–H and O–H groups in total. The number of phenols is 1. The predicted molar refractivity (Wildman–Crippen MR) is 43.9 cm³/mol. The van der Waals surface area contributed by atoms with Crippen LogP contribution in [0.5, 0.6) is 17.2 Å². The van der Waals surface area contributed by atoms with Crippen molar-refractivity contribution in [1.82, 2.24) is 0 Å². The number of aromatic hydroxyl groups is 1. The average Bonchev–Trinajstić information content (AvgIpc) is 2.50. The van der Waals surface area contributed by atoms with Gasteiger partial charge in [0.05, 0.1) is 13.7 Å². The normalized spacial score (nSPS) is 13.8. The summed E-state index contributed by atoms with van der Waals surface area (Å²) < 4.78 is 10.4. The van der Waals surface area contributed by atoms with Crippen molar-refractivity contribution in [1.29, 1.82) is 0 Å². The van der Waals surface area contributed by atoms with Crippen molar-refractivity contribution in [2.24, 2.45) is 0 Å². The number of benzene rings is 1. The van der Waals surface area contributed by atoms with Gasteiger partial charge >= 0.3 is 0 Å². The van der Waals surface area contributed by atoms with Crippen LogP contribution in [0, 0.1) is 0 Å². The van der Waals surface area contributed by atoms with E-state index >= 15 is 0 Å². The molecule has 0 bridgehead atoms. The standard InChI is InChI=1S/C9H10O3/c1-11-8-4-6(10)5-9-7(8)2-3-12-9/h4-5,10H,2-3H2,1H3. The van der Waals surface area contributed by atoms with E-state index in [1.165, 1.54) is 0 Å². The molecule has 0 unspecified atom stereocenters. The fraction of sp³-hybridized carbons (Fsp3) is 0.333. The van der Waals surface area contributed by atoms with Gasteiger partial charge in [-0.3, -0.25) is 0 Å². The Balaban J connectivity index is 2.55. The molecule has 2 rings (SSSR count). The minimum atomic E-state index is 0.188. The zero-order valence-electron chi connectivity index (χ0n) is 6.83. The lowest BCUT2D eigenvalue weighted by Crippen LogP contribution is -1.88. The summed E-state index contributed by atoms with van der Waals surface area (Å²) in [6.45, 7) is 0.676. The fourth-order valence-corrected chi connectivity index (χ4v) is 1.43. The van der Waals surface area contributed by atoms with Crippen LogP contribution in [0.1, 0.15) is 5.56 Å². The van der Waals surface area contributed by atoms with Gasteiger partial charge in [0.2, 0.25) is 0 Å². The summed E-state index contributed by atoms with van der Waals surface area (Å²) in [7, 11) is 1.59. The van der Waals surface area contributed by atoms with Crippen molar-refractivity contribution in [3.05, 3.63) is 17.7 Å². The summed E-state index contributed by atoms with van der Waals surface area (Å²) in [5.41, 5.74) is 1.05. The van der Waals surface area contributed by atoms with Crippen molar-refractivity contribution < 1.29 is 14.6 Å². The van der Waals surface area contributed by atoms with E-state index in [9.17, 15) is 5.11 Å². The monoisotopic (exact) mass is 166 g/mol. The highest BCUT2D eigenvalue weighted by Crippen LogP contribution is 2.36. The molecule has 1 aliphatic rings. The van der Waals surface area contributed by atoms with Crippen molar-refractivity contribution in [3.63, 3.8) is 0 Å². The summed E-state index contributed by atoms with van der Waals surface area (Å²) >= 11 is 0. The highest BCUT2D eigenvalue weighted by atomic mass is 16.5. The SMILES string of the molecule is COc1cc(O)cc2c1CCO2. The molecule has 0 fully saturated rings. The zero-order chi connectivity index (χ0) is 8.55. The maximum absolute atomic E-state index is 9.25. The van der Waals surface area contributed by atoms with Crippen molar-refractivity contribution in [2.75, 3.05) is 13.7 Å². The van der Waals surface area contributed by atoms with Crippen LogP contribution in [0.4, 0.5) is 0 Å². The number of hydrogen-bond acceptors (Lipinski definition) is 3. The van der Waals surface area contributed by atoms with E-state index in [4.69, 9.17) is 9.47 Å².